The van der Waals surface area contributed by atoms with Gasteiger partial charge in [0.05, 0.1) is 6.54 Å². The summed E-state index contributed by atoms with van der Waals surface area (Å²) in [6, 6.07) is 10.9. The van der Waals surface area contributed by atoms with E-state index in [2.05, 4.69) is 64.0 Å². The van der Waals surface area contributed by atoms with Gasteiger partial charge in [0.25, 0.3) is 0 Å². The quantitative estimate of drug-likeness (QED) is 0.276. The highest BCUT2D eigenvalue weighted by Crippen LogP contribution is 2.08. The van der Waals surface area contributed by atoms with Gasteiger partial charge in [0.15, 0.2) is 5.96 Å². The van der Waals surface area contributed by atoms with Crippen LogP contribution >= 0.6 is 24.0 Å². The summed E-state index contributed by atoms with van der Waals surface area (Å²) >= 11 is 0. The predicted octanol–water partition coefficient (Wildman–Crippen LogP) is 2.64. The maximum Gasteiger partial charge on any atom is 0.239 e. The molecule has 1 aromatic carbocycles. The number of halogens is 1. The molecule has 0 saturated carbocycles. The summed E-state index contributed by atoms with van der Waals surface area (Å²) in [5, 5.41) is 9.41. The number of carbonyl (C=O) groups is 1. The zero-order valence-electron chi connectivity index (χ0n) is 18.2. The molecule has 0 saturated heterocycles. The van der Waals surface area contributed by atoms with Gasteiger partial charge in [-0.05, 0) is 45.8 Å². The first kappa shape index (κ1) is 26.6. The second-order valence-corrected chi connectivity index (χ2v) is 7.67. The van der Waals surface area contributed by atoms with Crippen LogP contribution in [-0.2, 0) is 11.2 Å². The number of guanidine groups is 1. The molecule has 0 aromatic heterocycles. The number of amides is 1. The highest BCUT2D eigenvalue weighted by molar-refractivity contribution is 14.0. The standard InChI is InChI=1S/C21H37N5O.HI/c1-7-26(8-2)18(14-17-12-10-9-11-13-17)15-23-20(22-6)24-16-19(27)25-21(3,4)5;/h9-13,18H,7-8,14-16H2,1-6H3,(H,25,27)(H2,22,23,24);1H. The molecule has 3 N–H and O–H groups in total. The summed E-state index contributed by atoms with van der Waals surface area (Å²) < 4.78 is 0. The van der Waals surface area contributed by atoms with Crippen molar-refractivity contribution >= 4 is 35.8 Å². The van der Waals surface area contributed by atoms with Crippen LogP contribution < -0.4 is 16.0 Å². The first-order chi connectivity index (χ1) is 12.8. The third-order valence-electron chi connectivity index (χ3n) is 4.30. The van der Waals surface area contributed by atoms with E-state index >= 15 is 0 Å². The zero-order valence-corrected chi connectivity index (χ0v) is 20.5. The van der Waals surface area contributed by atoms with Crippen LogP contribution in [0.5, 0.6) is 0 Å². The van der Waals surface area contributed by atoms with Crippen molar-refractivity contribution in [1.29, 1.82) is 0 Å². The Balaban J connectivity index is 0.00000729. The average Bonchev–Trinajstić information content (AvgIpc) is 2.62. The lowest BCUT2D eigenvalue weighted by atomic mass is 10.0. The van der Waals surface area contributed by atoms with E-state index in [1.54, 1.807) is 7.05 Å². The minimum atomic E-state index is -0.237. The van der Waals surface area contributed by atoms with Gasteiger partial charge < -0.3 is 16.0 Å². The number of nitrogens with one attached hydrogen (secondary N) is 3. The Morgan fingerprint density at radius 1 is 1.11 bits per heavy atom. The number of likely N-dealkylation sites (N-methyl/N-ethyl adjacent to an activating group) is 1. The Bertz CT molecular complexity index is 582. The molecule has 1 rings (SSSR count). The molecule has 0 fully saturated rings. The summed E-state index contributed by atoms with van der Waals surface area (Å²) in [4.78, 5) is 18.7. The molecule has 160 valence electrons. The molecule has 1 amide bonds. The second-order valence-electron chi connectivity index (χ2n) is 7.67. The largest absolute Gasteiger partial charge is 0.355 e. The van der Waals surface area contributed by atoms with Crippen LogP contribution in [0, 0.1) is 0 Å². The molecule has 6 nitrogen and oxygen atoms in total. The van der Waals surface area contributed by atoms with Gasteiger partial charge in [0, 0.05) is 25.2 Å². The number of rotatable bonds is 9. The fraction of sp³-hybridized carbons (Fsp3) is 0.619. The van der Waals surface area contributed by atoms with Crippen LogP contribution in [0.4, 0.5) is 0 Å². The van der Waals surface area contributed by atoms with Crippen molar-refractivity contribution in [1.82, 2.24) is 20.9 Å². The van der Waals surface area contributed by atoms with Crippen molar-refractivity contribution in [2.45, 2.75) is 52.6 Å². The zero-order chi connectivity index (χ0) is 20.3. The molecule has 1 unspecified atom stereocenters. The van der Waals surface area contributed by atoms with Crippen LogP contribution in [0.25, 0.3) is 0 Å². The van der Waals surface area contributed by atoms with Crippen molar-refractivity contribution < 1.29 is 4.79 Å². The van der Waals surface area contributed by atoms with Gasteiger partial charge in [-0.25, -0.2) is 0 Å². The molecular weight excluding hydrogens is 465 g/mol. The molecular formula is C21H38IN5O. The van der Waals surface area contributed by atoms with Crippen molar-refractivity contribution in [3.63, 3.8) is 0 Å². The summed E-state index contributed by atoms with van der Waals surface area (Å²) in [7, 11) is 1.72. The van der Waals surface area contributed by atoms with E-state index in [1.807, 2.05) is 26.8 Å². The third kappa shape index (κ3) is 10.8. The van der Waals surface area contributed by atoms with E-state index in [0.29, 0.717) is 12.0 Å². The Kier molecular flexibility index (Phi) is 13.1. The molecule has 28 heavy (non-hydrogen) atoms. The summed E-state index contributed by atoms with van der Waals surface area (Å²) in [5.74, 6) is 0.597. The van der Waals surface area contributed by atoms with E-state index in [9.17, 15) is 4.79 Å². The fourth-order valence-electron chi connectivity index (χ4n) is 3.02. The Hall–Kier alpha value is -1.35. The van der Waals surface area contributed by atoms with E-state index in [-0.39, 0.29) is 42.0 Å². The van der Waals surface area contributed by atoms with Gasteiger partial charge in [-0.3, -0.25) is 14.7 Å². The van der Waals surface area contributed by atoms with Crippen LogP contribution in [0.1, 0.15) is 40.2 Å². The lowest BCUT2D eigenvalue weighted by Gasteiger charge is -2.30. The van der Waals surface area contributed by atoms with Crippen molar-refractivity contribution in [2.24, 2.45) is 4.99 Å². The first-order valence-corrected chi connectivity index (χ1v) is 9.82. The fourth-order valence-corrected chi connectivity index (χ4v) is 3.02. The molecule has 0 spiro atoms. The third-order valence-corrected chi connectivity index (χ3v) is 4.30. The number of nitrogens with zero attached hydrogens (tertiary/aromatic N) is 2. The van der Waals surface area contributed by atoms with E-state index < -0.39 is 0 Å². The SMILES string of the molecule is CCN(CC)C(CNC(=NC)NCC(=O)NC(C)(C)C)Cc1ccccc1.I. The maximum absolute atomic E-state index is 12.0. The van der Waals surface area contributed by atoms with Crippen LogP contribution in [-0.4, -0.2) is 61.6 Å². The smallest absolute Gasteiger partial charge is 0.239 e. The molecule has 1 aromatic rings. The van der Waals surface area contributed by atoms with E-state index in [1.165, 1.54) is 5.56 Å². The van der Waals surface area contributed by atoms with Gasteiger partial charge in [0.2, 0.25) is 5.91 Å². The Labute approximate surface area is 188 Å². The average molecular weight is 503 g/mol. The summed E-state index contributed by atoms with van der Waals surface area (Å²) in [5.41, 5.74) is 1.09. The van der Waals surface area contributed by atoms with E-state index in [0.717, 1.165) is 26.1 Å². The summed E-state index contributed by atoms with van der Waals surface area (Å²) in [6.07, 6.45) is 0.969. The van der Waals surface area contributed by atoms with E-state index in [4.69, 9.17) is 0 Å². The number of carbonyl (C=O) groups excluding carboxylic acids is 1. The Morgan fingerprint density at radius 3 is 2.21 bits per heavy atom. The lowest BCUT2D eigenvalue weighted by molar-refractivity contribution is -0.121. The van der Waals surface area contributed by atoms with Crippen LogP contribution in [0.15, 0.2) is 35.3 Å². The molecule has 0 radical (unpaired) electrons. The topological polar surface area (TPSA) is 68.8 Å². The van der Waals surface area contributed by atoms with Gasteiger partial charge in [-0.15, -0.1) is 24.0 Å². The Morgan fingerprint density at radius 2 is 1.71 bits per heavy atom. The second kappa shape index (κ2) is 13.8. The van der Waals surface area contributed by atoms with Gasteiger partial charge in [-0.1, -0.05) is 44.2 Å². The van der Waals surface area contributed by atoms with Gasteiger partial charge >= 0.3 is 0 Å². The van der Waals surface area contributed by atoms with Crippen molar-refractivity contribution in [3.05, 3.63) is 35.9 Å². The monoisotopic (exact) mass is 503 g/mol. The number of hydrogen-bond acceptors (Lipinski definition) is 3. The van der Waals surface area contributed by atoms with Crippen LogP contribution in [0.3, 0.4) is 0 Å². The number of benzene rings is 1. The van der Waals surface area contributed by atoms with Gasteiger partial charge in [0.1, 0.15) is 0 Å². The van der Waals surface area contributed by atoms with Crippen molar-refractivity contribution in [2.75, 3.05) is 33.2 Å². The minimum Gasteiger partial charge on any atom is -0.355 e. The minimum absolute atomic E-state index is 0. The summed E-state index contributed by atoms with van der Waals surface area (Å²) in [6.45, 7) is 13.2. The molecule has 0 aliphatic carbocycles. The molecule has 0 bridgehead atoms. The molecule has 0 aliphatic heterocycles. The van der Waals surface area contributed by atoms with Crippen LogP contribution in [0.2, 0.25) is 0 Å². The van der Waals surface area contributed by atoms with Crippen molar-refractivity contribution in [3.8, 4) is 0 Å². The highest BCUT2D eigenvalue weighted by atomic mass is 127. The molecule has 1 atom stereocenters. The maximum atomic E-state index is 12.0. The lowest BCUT2D eigenvalue weighted by Crippen LogP contribution is -2.51. The number of aliphatic imine (C=N–C) groups is 1. The molecule has 7 heteroatoms. The first-order valence-electron chi connectivity index (χ1n) is 9.82. The number of hydrogen-bond donors (Lipinski definition) is 3. The molecule has 0 aliphatic rings. The normalized spacial score (nSPS) is 12.9. The van der Waals surface area contributed by atoms with Gasteiger partial charge in [-0.2, -0.15) is 0 Å². The molecule has 0 heterocycles. The highest BCUT2D eigenvalue weighted by Gasteiger charge is 2.17. The predicted molar refractivity (Wildman–Crippen MR) is 130 cm³/mol.